The van der Waals surface area contributed by atoms with Crippen LogP contribution < -0.4 is 11.1 Å². The van der Waals surface area contributed by atoms with Crippen molar-refractivity contribution >= 4 is 56.3 Å². The Labute approximate surface area is 219 Å². The molecule has 0 aliphatic carbocycles. The summed E-state index contributed by atoms with van der Waals surface area (Å²) in [4.78, 5) is 34.7. The standard InChI is InChI=1S/C28H27ClN4O2S/c1-15-6-11-20(16(2)14-15)32-26(34)21-17(3)31-27-23(22(21)18-7-9-19(29)10-8-18)24(30)25(36-27)28(35)33-12-4-5-13-33/h6-11,14H,4-5,12-13,30H2,1-3H3,(H,32,34). The number of carbonyl (C=O) groups excluding carboxylic acids is 2. The number of amides is 2. The van der Waals surface area contributed by atoms with Crippen LogP contribution in [0.25, 0.3) is 21.3 Å². The third kappa shape index (κ3) is 4.33. The summed E-state index contributed by atoms with van der Waals surface area (Å²) in [6.45, 7) is 7.25. The highest BCUT2D eigenvalue weighted by Crippen LogP contribution is 2.43. The minimum atomic E-state index is -0.281. The summed E-state index contributed by atoms with van der Waals surface area (Å²) < 4.78 is 0. The molecule has 1 fully saturated rings. The molecule has 0 radical (unpaired) electrons. The van der Waals surface area contributed by atoms with Gasteiger partial charge in [-0.25, -0.2) is 4.98 Å². The number of rotatable bonds is 4. The Morgan fingerprint density at radius 2 is 1.75 bits per heavy atom. The maximum atomic E-state index is 13.7. The molecule has 3 heterocycles. The van der Waals surface area contributed by atoms with Gasteiger partial charge in [-0.15, -0.1) is 11.3 Å². The molecule has 1 saturated heterocycles. The van der Waals surface area contributed by atoms with Gasteiger partial charge >= 0.3 is 0 Å². The molecule has 5 rings (SSSR count). The van der Waals surface area contributed by atoms with Crippen molar-refractivity contribution in [3.8, 4) is 11.1 Å². The highest BCUT2D eigenvalue weighted by atomic mass is 35.5. The second kappa shape index (κ2) is 9.56. The van der Waals surface area contributed by atoms with E-state index in [0.717, 1.165) is 48.3 Å². The number of nitrogens with zero attached hydrogens (tertiary/aromatic N) is 2. The molecule has 3 N–H and O–H groups in total. The molecule has 0 atom stereocenters. The first-order valence-corrected chi connectivity index (χ1v) is 13.1. The Balaban J connectivity index is 1.71. The number of benzene rings is 2. The molecule has 0 spiro atoms. The van der Waals surface area contributed by atoms with Crippen molar-refractivity contribution < 1.29 is 9.59 Å². The van der Waals surface area contributed by atoms with Gasteiger partial charge in [-0.05, 0) is 62.9 Å². The topological polar surface area (TPSA) is 88.3 Å². The Morgan fingerprint density at radius 1 is 1.06 bits per heavy atom. The highest BCUT2D eigenvalue weighted by molar-refractivity contribution is 7.21. The fraction of sp³-hybridized carbons (Fsp3) is 0.250. The maximum absolute atomic E-state index is 13.7. The predicted octanol–water partition coefficient (Wildman–Crippen LogP) is 6.61. The summed E-state index contributed by atoms with van der Waals surface area (Å²) in [7, 11) is 0. The zero-order valence-corrected chi connectivity index (χ0v) is 22.0. The molecule has 0 bridgehead atoms. The summed E-state index contributed by atoms with van der Waals surface area (Å²) >= 11 is 7.46. The Kier molecular flexibility index (Phi) is 6.45. The highest BCUT2D eigenvalue weighted by Gasteiger charge is 2.29. The number of nitrogen functional groups attached to an aromatic ring is 1. The molecule has 184 valence electrons. The number of aryl methyl sites for hydroxylation is 3. The normalized spacial score (nSPS) is 13.4. The number of anilines is 2. The van der Waals surface area contributed by atoms with E-state index in [2.05, 4.69) is 5.32 Å². The molecule has 0 saturated carbocycles. The lowest BCUT2D eigenvalue weighted by Gasteiger charge is -2.16. The van der Waals surface area contributed by atoms with Crippen LogP contribution in [0.5, 0.6) is 0 Å². The smallest absolute Gasteiger partial charge is 0.266 e. The van der Waals surface area contributed by atoms with Gasteiger partial charge in [0.25, 0.3) is 11.8 Å². The van der Waals surface area contributed by atoms with E-state index in [9.17, 15) is 9.59 Å². The largest absolute Gasteiger partial charge is 0.397 e. The number of hydrogen-bond donors (Lipinski definition) is 2. The first-order chi connectivity index (χ1) is 17.2. The van der Waals surface area contributed by atoms with E-state index >= 15 is 0 Å². The van der Waals surface area contributed by atoms with Crippen molar-refractivity contribution in [3.05, 3.63) is 74.7 Å². The molecule has 36 heavy (non-hydrogen) atoms. The summed E-state index contributed by atoms with van der Waals surface area (Å²) in [5.41, 5.74) is 12.3. The van der Waals surface area contributed by atoms with Crippen LogP contribution in [0.2, 0.25) is 5.02 Å². The number of thiophene rings is 1. The third-order valence-electron chi connectivity index (χ3n) is 6.64. The number of halogens is 1. The lowest BCUT2D eigenvalue weighted by molar-refractivity contribution is 0.0798. The van der Waals surface area contributed by atoms with E-state index in [4.69, 9.17) is 22.3 Å². The van der Waals surface area contributed by atoms with Gasteiger partial charge in [-0.3, -0.25) is 9.59 Å². The van der Waals surface area contributed by atoms with Gasteiger partial charge in [0.2, 0.25) is 0 Å². The zero-order valence-electron chi connectivity index (χ0n) is 20.4. The Hall–Kier alpha value is -3.42. The number of fused-ring (bicyclic) bond motifs is 1. The maximum Gasteiger partial charge on any atom is 0.266 e. The summed E-state index contributed by atoms with van der Waals surface area (Å²) in [5, 5.41) is 4.27. The lowest BCUT2D eigenvalue weighted by Crippen LogP contribution is -2.27. The molecule has 1 aliphatic rings. The number of nitrogens with one attached hydrogen (secondary N) is 1. The van der Waals surface area contributed by atoms with Gasteiger partial charge < -0.3 is 16.0 Å². The van der Waals surface area contributed by atoms with Gasteiger partial charge in [-0.1, -0.05) is 41.4 Å². The average Bonchev–Trinajstić information content (AvgIpc) is 3.49. The first kappa shape index (κ1) is 24.3. The van der Waals surface area contributed by atoms with Gasteiger partial charge in [0.05, 0.1) is 16.9 Å². The van der Waals surface area contributed by atoms with E-state index in [1.807, 2.05) is 56.0 Å². The number of pyridine rings is 1. The van der Waals surface area contributed by atoms with E-state index < -0.39 is 0 Å². The predicted molar refractivity (Wildman–Crippen MR) is 148 cm³/mol. The number of carbonyl (C=O) groups is 2. The number of hydrogen-bond acceptors (Lipinski definition) is 5. The fourth-order valence-corrected chi connectivity index (χ4v) is 6.05. The van der Waals surface area contributed by atoms with Gasteiger partial charge in [-0.2, -0.15) is 0 Å². The summed E-state index contributed by atoms with van der Waals surface area (Å²) in [6.07, 6.45) is 1.99. The van der Waals surface area contributed by atoms with Crippen LogP contribution in [0, 0.1) is 20.8 Å². The number of likely N-dealkylation sites (tertiary alicyclic amines) is 1. The minimum absolute atomic E-state index is 0.0750. The Morgan fingerprint density at radius 3 is 2.42 bits per heavy atom. The minimum Gasteiger partial charge on any atom is -0.397 e. The molecule has 2 amide bonds. The van der Waals surface area contributed by atoms with Gasteiger partial charge in [0.1, 0.15) is 9.71 Å². The van der Waals surface area contributed by atoms with Crippen LogP contribution in [0.1, 0.15) is 49.7 Å². The van der Waals surface area contributed by atoms with Crippen molar-refractivity contribution in [2.45, 2.75) is 33.6 Å². The van der Waals surface area contributed by atoms with Crippen LogP contribution in [0.15, 0.2) is 42.5 Å². The van der Waals surface area contributed by atoms with Crippen molar-refractivity contribution in [2.75, 3.05) is 24.1 Å². The molecular formula is C28H27ClN4O2S. The second-order valence-electron chi connectivity index (χ2n) is 9.25. The molecule has 0 unspecified atom stereocenters. The molecular weight excluding hydrogens is 492 g/mol. The zero-order chi connectivity index (χ0) is 25.6. The second-order valence-corrected chi connectivity index (χ2v) is 10.7. The molecule has 1 aliphatic heterocycles. The first-order valence-electron chi connectivity index (χ1n) is 11.9. The SMILES string of the molecule is Cc1ccc(NC(=O)c2c(C)nc3sc(C(=O)N4CCCC4)c(N)c3c2-c2ccc(Cl)cc2)c(C)c1. The number of nitrogens with two attached hydrogens (primary N) is 1. The summed E-state index contributed by atoms with van der Waals surface area (Å²) in [5.74, 6) is -0.356. The molecule has 2 aromatic heterocycles. The fourth-order valence-electron chi connectivity index (χ4n) is 4.81. The molecule has 4 aromatic rings. The van der Waals surface area contributed by atoms with Crippen LogP contribution >= 0.6 is 22.9 Å². The van der Waals surface area contributed by atoms with Crippen LogP contribution in [0.3, 0.4) is 0 Å². The lowest BCUT2D eigenvalue weighted by atomic mass is 9.94. The van der Waals surface area contributed by atoms with E-state index in [1.54, 1.807) is 12.1 Å². The monoisotopic (exact) mass is 518 g/mol. The molecule has 6 nitrogen and oxygen atoms in total. The molecule has 2 aromatic carbocycles. The van der Waals surface area contributed by atoms with Crippen molar-refractivity contribution in [1.29, 1.82) is 0 Å². The quantitative estimate of drug-likeness (QED) is 0.318. The Bertz CT molecular complexity index is 1500. The third-order valence-corrected chi connectivity index (χ3v) is 7.97. The molecule has 8 heteroatoms. The van der Waals surface area contributed by atoms with Crippen molar-refractivity contribution in [1.82, 2.24) is 9.88 Å². The number of aromatic nitrogens is 1. The van der Waals surface area contributed by atoms with Crippen LogP contribution in [0.4, 0.5) is 11.4 Å². The summed E-state index contributed by atoms with van der Waals surface area (Å²) in [6, 6.07) is 13.2. The van der Waals surface area contributed by atoms with E-state index in [0.29, 0.717) is 42.6 Å². The van der Waals surface area contributed by atoms with Crippen molar-refractivity contribution in [3.63, 3.8) is 0 Å². The van der Waals surface area contributed by atoms with E-state index in [-0.39, 0.29) is 11.8 Å². The van der Waals surface area contributed by atoms with Crippen LogP contribution in [-0.2, 0) is 0 Å². The van der Waals surface area contributed by atoms with Gasteiger partial charge in [0.15, 0.2) is 0 Å². The van der Waals surface area contributed by atoms with Crippen molar-refractivity contribution in [2.24, 2.45) is 0 Å². The van der Waals surface area contributed by atoms with Gasteiger partial charge in [0, 0.05) is 34.7 Å². The average molecular weight is 519 g/mol. The van der Waals surface area contributed by atoms with E-state index in [1.165, 1.54) is 11.3 Å². The van der Waals surface area contributed by atoms with Crippen LogP contribution in [-0.4, -0.2) is 34.8 Å².